The number of hydrogen-bond donors (Lipinski definition) is 0. The number of carbonyl (C=O) groups excluding carboxylic acids is 1. The standard InChI is InChI=1S/C29H51NO5Si2/c1-11-33-28(35-37(8,9)10)20-23(14-15-27(31)30-17-12-13-18-30)26(34-36(5,6)7)21-25(29(2,3)4)24-16-19-32-22-24/h16,19,22,25-26H,11-15,17-18,21H2,1-10H3/t20?,25-,26+/m0/s1. The SMILES string of the molecule is CCOC(=C=C(CCC(=O)N1CCCC1)[C@@H](C[C@@H](c1ccoc1)C(C)(C)C)O[Si](C)(C)C)O[Si](C)(C)C. The maximum Gasteiger partial charge on any atom is 0.313 e. The molecular formula is C29H51NO5Si2. The second-order valence-corrected chi connectivity index (χ2v) is 22.0. The molecule has 0 aliphatic carbocycles. The van der Waals surface area contributed by atoms with Crippen LogP contribution in [0.25, 0.3) is 0 Å². The van der Waals surface area contributed by atoms with Crippen LogP contribution in [0.2, 0.25) is 39.3 Å². The monoisotopic (exact) mass is 549 g/mol. The van der Waals surface area contributed by atoms with E-state index in [1.54, 1.807) is 6.26 Å². The molecule has 1 aromatic rings. The molecule has 0 N–H and O–H groups in total. The van der Waals surface area contributed by atoms with E-state index in [9.17, 15) is 4.79 Å². The molecule has 1 aromatic heterocycles. The molecule has 2 heterocycles. The lowest BCUT2D eigenvalue weighted by Gasteiger charge is -2.36. The van der Waals surface area contributed by atoms with Gasteiger partial charge in [-0.3, -0.25) is 4.79 Å². The van der Waals surface area contributed by atoms with Gasteiger partial charge in [-0.05, 0) is 101 Å². The number of carbonyl (C=O) groups is 1. The minimum atomic E-state index is -1.95. The average Bonchev–Trinajstić information content (AvgIpc) is 3.45. The zero-order valence-electron chi connectivity index (χ0n) is 25.0. The highest BCUT2D eigenvalue weighted by atomic mass is 28.4. The summed E-state index contributed by atoms with van der Waals surface area (Å²) in [6.45, 7) is 24.0. The van der Waals surface area contributed by atoms with Crippen molar-refractivity contribution in [3.63, 3.8) is 0 Å². The molecule has 0 spiro atoms. The third kappa shape index (κ3) is 11.3. The molecule has 2 atom stereocenters. The van der Waals surface area contributed by atoms with Crippen molar-refractivity contribution in [2.24, 2.45) is 5.41 Å². The smallest absolute Gasteiger partial charge is 0.313 e. The van der Waals surface area contributed by atoms with E-state index in [-0.39, 0.29) is 23.3 Å². The predicted octanol–water partition coefficient (Wildman–Crippen LogP) is 7.68. The highest BCUT2D eigenvalue weighted by Crippen LogP contribution is 2.41. The number of amides is 1. The van der Waals surface area contributed by atoms with Crippen molar-refractivity contribution in [3.05, 3.63) is 41.4 Å². The first-order chi connectivity index (χ1) is 17.1. The van der Waals surface area contributed by atoms with Crippen molar-refractivity contribution >= 4 is 22.5 Å². The lowest BCUT2D eigenvalue weighted by molar-refractivity contribution is -0.130. The van der Waals surface area contributed by atoms with E-state index in [0.29, 0.717) is 25.4 Å². The van der Waals surface area contributed by atoms with Crippen molar-refractivity contribution in [2.75, 3.05) is 19.7 Å². The number of likely N-dealkylation sites (tertiary alicyclic amines) is 1. The molecule has 0 bridgehead atoms. The molecule has 1 aliphatic rings. The summed E-state index contributed by atoms with van der Waals surface area (Å²) in [5, 5.41) is 0. The van der Waals surface area contributed by atoms with Crippen molar-refractivity contribution in [3.8, 4) is 0 Å². The fourth-order valence-electron chi connectivity index (χ4n) is 4.67. The van der Waals surface area contributed by atoms with Crippen LogP contribution in [0.5, 0.6) is 0 Å². The summed E-state index contributed by atoms with van der Waals surface area (Å²) in [5.74, 6) is 0.826. The summed E-state index contributed by atoms with van der Waals surface area (Å²) in [4.78, 5) is 15.0. The first kappa shape index (κ1) is 31.5. The quantitative estimate of drug-likeness (QED) is 0.143. The van der Waals surface area contributed by atoms with Gasteiger partial charge in [-0.1, -0.05) is 20.8 Å². The van der Waals surface area contributed by atoms with Crippen molar-refractivity contribution in [2.45, 2.75) is 111 Å². The molecule has 0 unspecified atom stereocenters. The molecule has 0 aromatic carbocycles. The van der Waals surface area contributed by atoms with Crippen LogP contribution in [0.3, 0.4) is 0 Å². The summed E-state index contributed by atoms with van der Waals surface area (Å²) in [5.41, 5.74) is 5.61. The average molecular weight is 550 g/mol. The van der Waals surface area contributed by atoms with Gasteiger partial charge >= 0.3 is 5.95 Å². The van der Waals surface area contributed by atoms with Gasteiger partial charge in [-0.25, -0.2) is 0 Å². The van der Waals surface area contributed by atoms with Gasteiger partial charge < -0.3 is 22.9 Å². The van der Waals surface area contributed by atoms with E-state index < -0.39 is 16.6 Å². The van der Waals surface area contributed by atoms with Crippen LogP contribution in [0.1, 0.15) is 71.3 Å². The van der Waals surface area contributed by atoms with Gasteiger partial charge in [-0.15, -0.1) is 0 Å². The summed E-state index contributed by atoms with van der Waals surface area (Å²) in [6, 6.07) is 2.05. The van der Waals surface area contributed by atoms with Gasteiger partial charge in [0, 0.05) is 25.1 Å². The minimum absolute atomic E-state index is 0.0112. The first-order valence-electron chi connectivity index (χ1n) is 13.9. The molecule has 37 heavy (non-hydrogen) atoms. The maximum absolute atomic E-state index is 13.0. The molecule has 1 aliphatic heterocycles. The molecule has 1 fully saturated rings. The lowest BCUT2D eigenvalue weighted by Crippen LogP contribution is -2.36. The molecule has 0 saturated carbocycles. The molecule has 2 rings (SSSR count). The highest BCUT2D eigenvalue weighted by Gasteiger charge is 2.34. The Bertz CT molecular complexity index is 910. The summed E-state index contributed by atoms with van der Waals surface area (Å²) < 4.78 is 24.5. The molecule has 0 radical (unpaired) electrons. The summed E-state index contributed by atoms with van der Waals surface area (Å²) in [7, 11) is -3.89. The summed E-state index contributed by atoms with van der Waals surface area (Å²) >= 11 is 0. The first-order valence-corrected chi connectivity index (χ1v) is 20.7. The minimum Gasteiger partial charge on any atom is -0.514 e. The molecular weight excluding hydrogens is 498 g/mol. The van der Waals surface area contributed by atoms with E-state index in [1.807, 2.05) is 18.1 Å². The van der Waals surface area contributed by atoms with Crippen LogP contribution >= 0.6 is 0 Å². The van der Waals surface area contributed by atoms with Crippen molar-refractivity contribution in [1.29, 1.82) is 0 Å². The molecule has 6 nitrogen and oxygen atoms in total. The van der Waals surface area contributed by atoms with Crippen molar-refractivity contribution in [1.82, 2.24) is 4.90 Å². The van der Waals surface area contributed by atoms with Crippen LogP contribution in [0.4, 0.5) is 0 Å². The molecule has 1 saturated heterocycles. The van der Waals surface area contributed by atoms with E-state index in [0.717, 1.165) is 43.5 Å². The second-order valence-electron chi connectivity index (χ2n) is 13.1. The van der Waals surface area contributed by atoms with Crippen molar-refractivity contribution < 1.29 is 22.8 Å². The Morgan fingerprint density at radius 3 is 2.22 bits per heavy atom. The summed E-state index contributed by atoms with van der Waals surface area (Å²) in [6.07, 6.45) is 7.32. The number of hydrogen-bond acceptors (Lipinski definition) is 5. The fraction of sp³-hybridized carbons (Fsp3) is 0.724. The van der Waals surface area contributed by atoms with E-state index in [1.165, 1.54) is 0 Å². The Labute approximate surface area is 227 Å². The lowest BCUT2D eigenvalue weighted by atomic mass is 9.73. The largest absolute Gasteiger partial charge is 0.514 e. The molecule has 1 amide bonds. The van der Waals surface area contributed by atoms with E-state index in [2.05, 4.69) is 71.9 Å². The van der Waals surface area contributed by atoms with Crippen LogP contribution < -0.4 is 0 Å². The van der Waals surface area contributed by atoms with Gasteiger partial charge in [0.1, 0.15) is 0 Å². The predicted molar refractivity (Wildman–Crippen MR) is 155 cm³/mol. The Kier molecular flexibility index (Phi) is 11.4. The van der Waals surface area contributed by atoms with Crippen LogP contribution in [0, 0.1) is 5.41 Å². The highest BCUT2D eigenvalue weighted by molar-refractivity contribution is 6.70. The third-order valence-electron chi connectivity index (χ3n) is 6.33. The molecule has 210 valence electrons. The topological polar surface area (TPSA) is 61.1 Å². The molecule has 8 heteroatoms. The van der Waals surface area contributed by atoms with Crippen LogP contribution in [0.15, 0.2) is 40.3 Å². The Hall–Kier alpha value is -1.74. The number of rotatable bonds is 13. The van der Waals surface area contributed by atoms with Gasteiger partial charge in [-0.2, -0.15) is 0 Å². The number of nitrogens with zero attached hydrogens (tertiary/aromatic N) is 1. The fourth-order valence-corrected chi connectivity index (χ4v) is 6.43. The van der Waals surface area contributed by atoms with E-state index in [4.69, 9.17) is 18.0 Å². The van der Waals surface area contributed by atoms with Gasteiger partial charge in [0.15, 0.2) is 8.32 Å². The van der Waals surface area contributed by atoms with Gasteiger partial charge in [0.05, 0.1) is 25.2 Å². The van der Waals surface area contributed by atoms with E-state index >= 15 is 0 Å². The number of furan rings is 1. The van der Waals surface area contributed by atoms with Crippen LogP contribution in [-0.2, 0) is 18.4 Å². The van der Waals surface area contributed by atoms with Gasteiger partial charge in [0.2, 0.25) is 14.2 Å². The normalized spacial score (nSPS) is 16.2. The maximum atomic E-state index is 13.0. The Balaban J connectivity index is 2.55. The van der Waals surface area contributed by atoms with Crippen LogP contribution in [-0.4, -0.2) is 53.2 Å². The van der Waals surface area contributed by atoms with Gasteiger partial charge in [0.25, 0.3) is 0 Å². The second kappa shape index (κ2) is 13.4. The third-order valence-corrected chi connectivity index (χ3v) is 8.12. The number of ether oxygens (including phenoxy) is 1. The Morgan fingerprint density at radius 1 is 1.08 bits per heavy atom. The Morgan fingerprint density at radius 2 is 1.73 bits per heavy atom. The zero-order chi connectivity index (χ0) is 27.9. The zero-order valence-corrected chi connectivity index (χ0v) is 27.0.